The summed E-state index contributed by atoms with van der Waals surface area (Å²) in [6, 6.07) is 7.21. The predicted octanol–water partition coefficient (Wildman–Crippen LogP) is 2.43. The number of hydrogen-bond donors (Lipinski definition) is 1. The number of nitrogens with two attached hydrogens (primary N) is 1. The van der Waals surface area contributed by atoms with Crippen LogP contribution in [0.5, 0.6) is 0 Å². The SMILES string of the molecule is CN(C)CCC(OC(N)=O)c1ccc(Cl)cc1. The quantitative estimate of drug-likeness (QED) is 0.880. The lowest BCUT2D eigenvalue weighted by Crippen LogP contribution is -2.22. The molecule has 0 saturated carbocycles. The fraction of sp³-hybridized carbons (Fsp3) is 0.417. The van der Waals surface area contributed by atoms with E-state index in [4.69, 9.17) is 22.1 Å². The van der Waals surface area contributed by atoms with Gasteiger partial charge >= 0.3 is 6.09 Å². The summed E-state index contributed by atoms with van der Waals surface area (Å²) in [5.74, 6) is 0. The van der Waals surface area contributed by atoms with Crippen molar-refractivity contribution in [2.75, 3.05) is 20.6 Å². The fourth-order valence-corrected chi connectivity index (χ4v) is 1.61. The first-order chi connectivity index (χ1) is 7.99. The van der Waals surface area contributed by atoms with Gasteiger partial charge in [0.05, 0.1) is 0 Å². The molecule has 1 aromatic rings. The van der Waals surface area contributed by atoms with E-state index in [2.05, 4.69) is 0 Å². The van der Waals surface area contributed by atoms with Crippen LogP contribution >= 0.6 is 11.6 Å². The highest BCUT2D eigenvalue weighted by atomic mass is 35.5. The highest BCUT2D eigenvalue weighted by Crippen LogP contribution is 2.23. The molecule has 1 amide bonds. The van der Waals surface area contributed by atoms with Gasteiger partial charge < -0.3 is 15.4 Å². The van der Waals surface area contributed by atoms with Gasteiger partial charge in [-0.1, -0.05) is 23.7 Å². The minimum atomic E-state index is -0.760. The van der Waals surface area contributed by atoms with Crippen LogP contribution in [-0.2, 0) is 4.74 Å². The zero-order chi connectivity index (χ0) is 12.8. The van der Waals surface area contributed by atoms with Gasteiger partial charge in [-0.25, -0.2) is 4.79 Å². The van der Waals surface area contributed by atoms with Crippen molar-refractivity contribution in [2.45, 2.75) is 12.5 Å². The van der Waals surface area contributed by atoms with E-state index in [9.17, 15) is 4.79 Å². The van der Waals surface area contributed by atoms with E-state index in [-0.39, 0.29) is 6.10 Å². The summed E-state index contributed by atoms with van der Waals surface area (Å²) >= 11 is 5.81. The van der Waals surface area contributed by atoms with Gasteiger partial charge in [0.1, 0.15) is 6.10 Å². The third kappa shape index (κ3) is 5.06. The second kappa shape index (κ2) is 6.47. The molecule has 17 heavy (non-hydrogen) atoms. The molecular weight excluding hydrogens is 240 g/mol. The third-order valence-corrected chi connectivity index (χ3v) is 2.59. The number of hydrogen-bond acceptors (Lipinski definition) is 3. The highest BCUT2D eigenvalue weighted by Gasteiger charge is 2.15. The molecule has 0 aliphatic heterocycles. The molecule has 0 heterocycles. The molecule has 0 spiro atoms. The normalized spacial score (nSPS) is 12.5. The van der Waals surface area contributed by atoms with E-state index in [0.29, 0.717) is 11.4 Å². The number of halogens is 1. The van der Waals surface area contributed by atoms with E-state index >= 15 is 0 Å². The first kappa shape index (κ1) is 13.8. The Balaban J connectivity index is 2.74. The lowest BCUT2D eigenvalue weighted by atomic mass is 10.1. The summed E-state index contributed by atoms with van der Waals surface area (Å²) in [6.45, 7) is 0.806. The standard InChI is InChI=1S/C12H17ClN2O2/c1-15(2)8-7-11(17-12(14)16)9-3-5-10(13)6-4-9/h3-6,11H,7-8H2,1-2H3,(H2,14,16). The Bertz CT molecular complexity index is 365. The maximum absolute atomic E-state index is 10.9. The lowest BCUT2D eigenvalue weighted by Gasteiger charge is -2.19. The third-order valence-electron chi connectivity index (χ3n) is 2.34. The van der Waals surface area contributed by atoms with Crippen molar-refractivity contribution in [3.63, 3.8) is 0 Å². The van der Waals surface area contributed by atoms with Crippen LogP contribution < -0.4 is 5.73 Å². The van der Waals surface area contributed by atoms with Gasteiger partial charge in [0.2, 0.25) is 0 Å². The van der Waals surface area contributed by atoms with Crippen molar-refractivity contribution in [3.05, 3.63) is 34.9 Å². The fourth-order valence-electron chi connectivity index (χ4n) is 1.49. The molecule has 0 radical (unpaired) electrons. The summed E-state index contributed by atoms with van der Waals surface area (Å²) in [7, 11) is 3.92. The molecule has 94 valence electrons. The Morgan fingerprint density at radius 1 is 1.41 bits per heavy atom. The van der Waals surface area contributed by atoms with E-state index in [0.717, 1.165) is 12.1 Å². The van der Waals surface area contributed by atoms with Crippen LogP contribution in [-0.4, -0.2) is 31.6 Å². The molecule has 2 N–H and O–H groups in total. The number of rotatable bonds is 5. The Labute approximate surface area is 106 Å². The van der Waals surface area contributed by atoms with Gasteiger partial charge in [-0.2, -0.15) is 0 Å². The second-order valence-corrected chi connectivity index (χ2v) is 4.51. The number of ether oxygens (including phenoxy) is 1. The maximum Gasteiger partial charge on any atom is 0.405 e. The average molecular weight is 257 g/mol. The second-order valence-electron chi connectivity index (χ2n) is 4.07. The molecular formula is C12H17ClN2O2. The Morgan fingerprint density at radius 2 is 2.00 bits per heavy atom. The molecule has 0 saturated heterocycles. The van der Waals surface area contributed by atoms with E-state index in [1.54, 1.807) is 12.1 Å². The zero-order valence-electron chi connectivity index (χ0n) is 10.0. The number of benzene rings is 1. The van der Waals surface area contributed by atoms with E-state index in [1.807, 2.05) is 31.1 Å². The first-order valence-electron chi connectivity index (χ1n) is 5.35. The zero-order valence-corrected chi connectivity index (χ0v) is 10.8. The molecule has 4 nitrogen and oxygen atoms in total. The molecule has 0 aliphatic rings. The minimum absolute atomic E-state index is 0.327. The molecule has 1 unspecified atom stereocenters. The number of nitrogens with zero attached hydrogens (tertiary/aromatic N) is 1. The smallest absolute Gasteiger partial charge is 0.405 e. The molecule has 5 heteroatoms. The summed E-state index contributed by atoms with van der Waals surface area (Å²) in [5, 5.41) is 0.652. The molecule has 1 atom stereocenters. The minimum Gasteiger partial charge on any atom is -0.441 e. The van der Waals surface area contributed by atoms with E-state index < -0.39 is 6.09 Å². The van der Waals surface area contributed by atoms with Gasteiger partial charge in [-0.3, -0.25) is 0 Å². The van der Waals surface area contributed by atoms with Crippen LogP contribution in [0.3, 0.4) is 0 Å². The van der Waals surface area contributed by atoms with Gasteiger partial charge in [-0.05, 0) is 31.8 Å². The topological polar surface area (TPSA) is 55.6 Å². The summed E-state index contributed by atoms with van der Waals surface area (Å²) < 4.78 is 5.10. The monoisotopic (exact) mass is 256 g/mol. The first-order valence-corrected chi connectivity index (χ1v) is 5.73. The van der Waals surface area contributed by atoms with Crippen LogP contribution in [0.25, 0.3) is 0 Å². The van der Waals surface area contributed by atoms with Gasteiger partial charge in [0, 0.05) is 18.0 Å². The summed E-state index contributed by atoms with van der Waals surface area (Å²) in [6.07, 6.45) is -0.395. The summed E-state index contributed by atoms with van der Waals surface area (Å²) in [4.78, 5) is 12.9. The molecule has 0 fully saturated rings. The van der Waals surface area contributed by atoms with Crippen LogP contribution in [0, 0.1) is 0 Å². The maximum atomic E-state index is 10.9. The number of carbonyl (C=O) groups excluding carboxylic acids is 1. The van der Waals surface area contributed by atoms with Crippen molar-refractivity contribution in [2.24, 2.45) is 5.73 Å². The lowest BCUT2D eigenvalue weighted by molar-refractivity contribution is 0.0960. The summed E-state index contributed by atoms with van der Waals surface area (Å²) in [5.41, 5.74) is 5.96. The largest absolute Gasteiger partial charge is 0.441 e. The van der Waals surface area contributed by atoms with Crippen molar-refractivity contribution in [3.8, 4) is 0 Å². The average Bonchev–Trinajstić information content (AvgIpc) is 2.25. The molecule has 1 rings (SSSR count). The van der Waals surface area contributed by atoms with Crippen molar-refractivity contribution in [1.29, 1.82) is 0 Å². The van der Waals surface area contributed by atoms with Crippen LogP contribution in [0.15, 0.2) is 24.3 Å². The number of amides is 1. The molecule has 0 aliphatic carbocycles. The van der Waals surface area contributed by atoms with Gasteiger partial charge in [0.25, 0.3) is 0 Å². The highest BCUT2D eigenvalue weighted by molar-refractivity contribution is 6.30. The Hall–Kier alpha value is -1.26. The van der Waals surface area contributed by atoms with Crippen LogP contribution in [0.1, 0.15) is 18.1 Å². The van der Waals surface area contributed by atoms with Crippen LogP contribution in [0.4, 0.5) is 4.79 Å². The van der Waals surface area contributed by atoms with Crippen molar-refractivity contribution < 1.29 is 9.53 Å². The number of primary amides is 1. The molecule has 1 aromatic carbocycles. The van der Waals surface area contributed by atoms with Crippen LogP contribution in [0.2, 0.25) is 5.02 Å². The predicted molar refractivity (Wildman–Crippen MR) is 68.0 cm³/mol. The van der Waals surface area contributed by atoms with E-state index in [1.165, 1.54) is 0 Å². The molecule has 0 aromatic heterocycles. The Kier molecular flexibility index (Phi) is 5.25. The van der Waals surface area contributed by atoms with Crippen molar-refractivity contribution >= 4 is 17.7 Å². The van der Waals surface area contributed by atoms with Gasteiger partial charge in [0.15, 0.2) is 0 Å². The van der Waals surface area contributed by atoms with Crippen molar-refractivity contribution in [1.82, 2.24) is 4.90 Å². The Morgan fingerprint density at radius 3 is 2.47 bits per heavy atom. The number of carbonyl (C=O) groups is 1. The molecule has 0 bridgehead atoms. The van der Waals surface area contributed by atoms with Gasteiger partial charge in [-0.15, -0.1) is 0 Å².